The molecule has 0 aromatic rings. The molecule has 0 aliphatic rings. The van der Waals surface area contributed by atoms with Crippen LogP contribution in [0.25, 0.3) is 0 Å². The van der Waals surface area contributed by atoms with Crippen LogP contribution in [0.15, 0.2) is 0 Å². The molecule has 5 heteroatoms. The van der Waals surface area contributed by atoms with Crippen LogP contribution in [0.3, 0.4) is 0 Å². The quantitative estimate of drug-likeness (QED) is 0.302. The minimum atomic E-state index is -0.687. The Labute approximate surface area is 108 Å². The molecule has 100 valence electrons. The molecular formula is C12H24N2O2S. The van der Waals surface area contributed by atoms with E-state index in [9.17, 15) is 4.79 Å². The maximum atomic E-state index is 10.3. The number of rotatable bonds is 11. The Kier molecular flexibility index (Phi) is 11.3. The predicted octanol–water partition coefficient (Wildman–Crippen LogP) is 3.21. The van der Waals surface area contributed by atoms with Gasteiger partial charge in [0.25, 0.3) is 0 Å². The standard InChI is InChI=1S/C12H24N2O2S/c13-12(14)17-10-8-6-4-2-1-3-5-7-9-11(15)16/h1-10H2,(H3,13,14)(H,15,16). The van der Waals surface area contributed by atoms with Crippen LogP contribution >= 0.6 is 11.8 Å². The van der Waals surface area contributed by atoms with E-state index in [0.717, 1.165) is 31.4 Å². The molecule has 0 fully saturated rings. The van der Waals surface area contributed by atoms with E-state index < -0.39 is 5.97 Å². The van der Waals surface area contributed by atoms with E-state index in [1.807, 2.05) is 0 Å². The zero-order valence-corrected chi connectivity index (χ0v) is 11.2. The van der Waals surface area contributed by atoms with E-state index in [1.165, 1.54) is 37.4 Å². The van der Waals surface area contributed by atoms with Crippen LogP contribution in [0.1, 0.15) is 57.8 Å². The van der Waals surface area contributed by atoms with Gasteiger partial charge in [-0.05, 0) is 12.8 Å². The molecule has 0 bridgehead atoms. The largest absolute Gasteiger partial charge is 0.481 e. The van der Waals surface area contributed by atoms with Gasteiger partial charge in [-0.15, -0.1) is 0 Å². The van der Waals surface area contributed by atoms with Crippen LogP contribution in [0.2, 0.25) is 0 Å². The molecule has 0 amide bonds. The molecule has 0 saturated carbocycles. The molecule has 0 spiro atoms. The number of hydrogen-bond acceptors (Lipinski definition) is 3. The summed E-state index contributed by atoms with van der Waals surface area (Å²) in [5.41, 5.74) is 5.23. The van der Waals surface area contributed by atoms with Crippen molar-refractivity contribution in [1.82, 2.24) is 0 Å². The monoisotopic (exact) mass is 260 g/mol. The maximum Gasteiger partial charge on any atom is 0.303 e. The molecule has 0 aromatic carbocycles. The first kappa shape index (κ1) is 16.3. The summed E-state index contributed by atoms with van der Waals surface area (Å²) in [6, 6.07) is 0. The van der Waals surface area contributed by atoms with E-state index in [0.29, 0.717) is 6.42 Å². The van der Waals surface area contributed by atoms with E-state index in [1.54, 1.807) is 0 Å². The van der Waals surface area contributed by atoms with Gasteiger partial charge < -0.3 is 10.8 Å². The van der Waals surface area contributed by atoms with E-state index in [-0.39, 0.29) is 5.17 Å². The number of hydrogen-bond donors (Lipinski definition) is 3. The minimum Gasteiger partial charge on any atom is -0.481 e. The Morgan fingerprint density at radius 2 is 1.47 bits per heavy atom. The molecule has 0 aromatic heterocycles. The third-order valence-electron chi connectivity index (χ3n) is 2.54. The Bertz CT molecular complexity index is 201. The van der Waals surface area contributed by atoms with Gasteiger partial charge in [0, 0.05) is 12.2 Å². The first-order valence-electron chi connectivity index (χ1n) is 6.31. The number of nitrogens with two attached hydrogens (primary N) is 1. The summed E-state index contributed by atoms with van der Waals surface area (Å²) in [4.78, 5) is 10.3. The third-order valence-corrected chi connectivity index (χ3v) is 3.35. The first-order valence-corrected chi connectivity index (χ1v) is 7.30. The molecule has 0 heterocycles. The molecule has 4 N–H and O–H groups in total. The molecule has 0 radical (unpaired) electrons. The average molecular weight is 260 g/mol. The fourth-order valence-corrected chi connectivity index (χ4v) is 2.19. The van der Waals surface area contributed by atoms with Gasteiger partial charge in [-0.25, -0.2) is 0 Å². The van der Waals surface area contributed by atoms with Crippen LogP contribution in [0, 0.1) is 5.41 Å². The lowest BCUT2D eigenvalue weighted by atomic mass is 10.1. The fraction of sp³-hybridized carbons (Fsp3) is 0.833. The molecule has 0 unspecified atom stereocenters. The van der Waals surface area contributed by atoms with Gasteiger partial charge in [0.1, 0.15) is 0 Å². The molecule has 0 saturated heterocycles. The van der Waals surface area contributed by atoms with Crippen molar-refractivity contribution in [2.75, 3.05) is 5.75 Å². The second-order valence-corrected chi connectivity index (χ2v) is 5.32. The van der Waals surface area contributed by atoms with Crippen LogP contribution < -0.4 is 5.73 Å². The average Bonchev–Trinajstić information content (AvgIpc) is 2.25. The number of carboxylic acids is 1. The zero-order chi connectivity index (χ0) is 12.9. The normalized spacial score (nSPS) is 10.4. The van der Waals surface area contributed by atoms with Crippen LogP contribution in [0.4, 0.5) is 0 Å². The van der Waals surface area contributed by atoms with Crippen molar-refractivity contribution < 1.29 is 9.90 Å². The summed E-state index contributed by atoms with van der Waals surface area (Å²) >= 11 is 1.41. The highest BCUT2D eigenvalue weighted by molar-refractivity contribution is 8.13. The van der Waals surface area contributed by atoms with Crippen LogP contribution in [-0.4, -0.2) is 22.0 Å². The van der Waals surface area contributed by atoms with Gasteiger partial charge in [0.15, 0.2) is 5.17 Å². The Hall–Kier alpha value is -0.710. The summed E-state index contributed by atoms with van der Waals surface area (Å²) in [7, 11) is 0. The number of carbonyl (C=O) groups is 1. The van der Waals surface area contributed by atoms with Crippen molar-refractivity contribution in [3.8, 4) is 0 Å². The van der Waals surface area contributed by atoms with Gasteiger partial charge in [0.05, 0.1) is 0 Å². The highest BCUT2D eigenvalue weighted by Crippen LogP contribution is 2.11. The number of nitrogens with one attached hydrogen (secondary N) is 1. The van der Waals surface area contributed by atoms with Crippen LogP contribution in [0.5, 0.6) is 0 Å². The van der Waals surface area contributed by atoms with Gasteiger partial charge in [-0.1, -0.05) is 50.3 Å². The number of carboxylic acid groups (broad SMARTS) is 1. The highest BCUT2D eigenvalue weighted by atomic mass is 32.2. The minimum absolute atomic E-state index is 0.212. The zero-order valence-electron chi connectivity index (χ0n) is 10.4. The number of thioether (sulfide) groups is 1. The maximum absolute atomic E-state index is 10.3. The molecule has 0 rings (SSSR count). The predicted molar refractivity (Wildman–Crippen MR) is 73.6 cm³/mol. The van der Waals surface area contributed by atoms with Crippen LogP contribution in [-0.2, 0) is 4.79 Å². The van der Waals surface area contributed by atoms with E-state index in [2.05, 4.69) is 0 Å². The second-order valence-electron chi connectivity index (χ2n) is 4.18. The summed E-state index contributed by atoms with van der Waals surface area (Å²) in [5.74, 6) is 0.265. The summed E-state index contributed by atoms with van der Waals surface area (Å²) in [6.45, 7) is 0. The smallest absolute Gasteiger partial charge is 0.303 e. The lowest BCUT2D eigenvalue weighted by Crippen LogP contribution is -2.04. The van der Waals surface area contributed by atoms with Gasteiger partial charge in [-0.2, -0.15) is 0 Å². The van der Waals surface area contributed by atoms with Gasteiger partial charge >= 0.3 is 5.97 Å². The van der Waals surface area contributed by atoms with Crippen molar-refractivity contribution in [3.05, 3.63) is 0 Å². The van der Waals surface area contributed by atoms with Gasteiger partial charge in [-0.3, -0.25) is 10.2 Å². The van der Waals surface area contributed by atoms with Crippen molar-refractivity contribution in [3.63, 3.8) is 0 Å². The molecule has 0 aliphatic heterocycles. The number of aliphatic carboxylic acids is 1. The molecule has 0 aliphatic carbocycles. The first-order chi connectivity index (χ1) is 8.13. The van der Waals surface area contributed by atoms with Crippen molar-refractivity contribution in [2.45, 2.75) is 57.8 Å². The lowest BCUT2D eigenvalue weighted by Gasteiger charge is -2.01. The third kappa shape index (κ3) is 15.3. The Morgan fingerprint density at radius 3 is 1.94 bits per heavy atom. The molecule has 4 nitrogen and oxygen atoms in total. The van der Waals surface area contributed by atoms with E-state index in [4.69, 9.17) is 16.2 Å². The molecule has 17 heavy (non-hydrogen) atoms. The summed E-state index contributed by atoms with van der Waals surface area (Å²) in [5, 5.41) is 15.7. The summed E-state index contributed by atoms with van der Waals surface area (Å²) < 4.78 is 0. The number of amidine groups is 1. The van der Waals surface area contributed by atoms with E-state index >= 15 is 0 Å². The second kappa shape index (κ2) is 11.8. The SMILES string of the molecule is N=C(N)SCCCCCCCCCCC(=O)O. The van der Waals surface area contributed by atoms with Crippen molar-refractivity contribution in [2.24, 2.45) is 5.73 Å². The van der Waals surface area contributed by atoms with Crippen molar-refractivity contribution >= 4 is 22.9 Å². The fourth-order valence-electron chi connectivity index (χ4n) is 1.62. The van der Waals surface area contributed by atoms with Gasteiger partial charge in [0.2, 0.25) is 0 Å². The Balaban J connectivity index is 2.98. The van der Waals surface area contributed by atoms with Crippen molar-refractivity contribution in [1.29, 1.82) is 5.41 Å². The number of unbranched alkanes of at least 4 members (excludes halogenated alkanes) is 7. The topological polar surface area (TPSA) is 87.2 Å². The summed E-state index contributed by atoms with van der Waals surface area (Å²) in [6.07, 6.45) is 9.31. The molecule has 0 atom stereocenters. The lowest BCUT2D eigenvalue weighted by molar-refractivity contribution is -0.137. The Morgan fingerprint density at radius 1 is 1.00 bits per heavy atom. The highest BCUT2D eigenvalue weighted by Gasteiger charge is 1.97. The molecular weight excluding hydrogens is 236 g/mol.